The van der Waals surface area contributed by atoms with Crippen LogP contribution in [0.1, 0.15) is 11.4 Å². The van der Waals surface area contributed by atoms with Crippen LogP contribution in [0.5, 0.6) is 0 Å². The summed E-state index contributed by atoms with van der Waals surface area (Å²) in [7, 11) is -3.91. The van der Waals surface area contributed by atoms with E-state index in [4.69, 9.17) is 23.2 Å². The van der Waals surface area contributed by atoms with Gasteiger partial charge in [-0.2, -0.15) is 0 Å². The number of aryl methyl sites for hydroxylation is 2. The topological polar surface area (TPSA) is 52.0 Å². The highest BCUT2D eigenvalue weighted by Crippen LogP contribution is 2.26. The van der Waals surface area contributed by atoms with Gasteiger partial charge in [-0.3, -0.25) is 0 Å². The lowest BCUT2D eigenvalue weighted by molar-refractivity contribution is 0.585. The first kappa shape index (κ1) is 19.9. The second kappa shape index (κ2) is 7.78. The Bertz CT molecular complexity index is 1290. The van der Waals surface area contributed by atoms with Crippen molar-refractivity contribution in [1.29, 1.82) is 0 Å². The largest absolute Gasteiger partial charge is 0.269 e. The molecule has 0 aliphatic heterocycles. The van der Waals surface area contributed by atoms with Crippen molar-refractivity contribution in [2.45, 2.75) is 17.7 Å². The van der Waals surface area contributed by atoms with E-state index in [1.54, 1.807) is 36.4 Å². The molecule has 1 heterocycles. The molecule has 0 amide bonds. The molecule has 0 radical (unpaired) electrons. The Morgan fingerprint density at radius 2 is 1.59 bits per heavy atom. The van der Waals surface area contributed by atoms with E-state index in [9.17, 15) is 12.8 Å². The van der Waals surface area contributed by atoms with Gasteiger partial charge in [-0.15, -0.1) is 0 Å². The summed E-state index contributed by atoms with van der Waals surface area (Å²) in [5.41, 5.74) is 1.46. The molecule has 0 unspecified atom stereocenters. The molecule has 0 atom stereocenters. The van der Waals surface area contributed by atoms with E-state index in [2.05, 4.69) is 4.98 Å². The third-order valence-electron chi connectivity index (χ3n) is 4.48. The van der Waals surface area contributed by atoms with Crippen molar-refractivity contribution in [2.75, 3.05) is 0 Å². The number of hydrogen-bond donors (Lipinski definition) is 0. The lowest BCUT2D eigenvalue weighted by Crippen LogP contribution is -2.16. The van der Waals surface area contributed by atoms with Gasteiger partial charge in [0, 0.05) is 22.5 Å². The Hall–Kier alpha value is -2.41. The van der Waals surface area contributed by atoms with Gasteiger partial charge in [-0.1, -0.05) is 41.4 Å². The third kappa shape index (κ3) is 4.01. The van der Waals surface area contributed by atoms with Gasteiger partial charge in [-0.25, -0.2) is 21.8 Å². The SMILES string of the molecule is O=S(=O)(c1ccccc1)n1c(CCc2cc(Cl)cc(Cl)c2)nc2cc(F)ccc21. The Morgan fingerprint density at radius 3 is 2.28 bits per heavy atom. The number of nitrogens with zero attached hydrogens (tertiary/aromatic N) is 2. The molecular formula is C21H15Cl2FN2O2S. The summed E-state index contributed by atoms with van der Waals surface area (Å²) < 4.78 is 41.5. The molecule has 0 fully saturated rings. The van der Waals surface area contributed by atoms with Crippen molar-refractivity contribution in [2.24, 2.45) is 0 Å². The van der Waals surface area contributed by atoms with Gasteiger partial charge in [0.1, 0.15) is 11.6 Å². The van der Waals surface area contributed by atoms with E-state index >= 15 is 0 Å². The fraction of sp³-hybridized carbons (Fsp3) is 0.0952. The molecule has 0 spiro atoms. The van der Waals surface area contributed by atoms with Gasteiger partial charge < -0.3 is 0 Å². The number of benzene rings is 3. The zero-order valence-corrected chi connectivity index (χ0v) is 17.3. The molecule has 0 saturated carbocycles. The first-order chi connectivity index (χ1) is 13.8. The molecule has 8 heteroatoms. The van der Waals surface area contributed by atoms with E-state index in [-0.39, 0.29) is 10.4 Å². The highest BCUT2D eigenvalue weighted by Gasteiger charge is 2.24. The second-order valence-electron chi connectivity index (χ2n) is 6.52. The lowest BCUT2D eigenvalue weighted by Gasteiger charge is -2.11. The Balaban J connectivity index is 1.82. The van der Waals surface area contributed by atoms with Crippen LogP contribution < -0.4 is 0 Å². The van der Waals surface area contributed by atoms with Crippen LogP contribution in [-0.4, -0.2) is 17.4 Å². The van der Waals surface area contributed by atoms with Gasteiger partial charge >= 0.3 is 0 Å². The summed E-state index contributed by atoms with van der Waals surface area (Å²) in [6.07, 6.45) is 0.773. The molecule has 4 aromatic rings. The summed E-state index contributed by atoms with van der Waals surface area (Å²) in [5.74, 6) is -0.169. The molecule has 0 bridgehead atoms. The maximum absolute atomic E-state index is 13.7. The molecule has 29 heavy (non-hydrogen) atoms. The van der Waals surface area contributed by atoms with Gasteiger partial charge in [0.2, 0.25) is 0 Å². The predicted molar refractivity (Wildman–Crippen MR) is 113 cm³/mol. The van der Waals surface area contributed by atoms with Crippen molar-refractivity contribution >= 4 is 44.3 Å². The highest BCUT2D eigenvalue weighted by atomic mass is 35.5. The summed E-state index contributed by atoms with van der Waals surface area (Å²) in [6.45, 7) is 0. The molecule has 0 saturated heterocycles. The van der Waals surface area contributed by atoms with Crippen LogP contribution >= 0.6 is 23.2 Å². The van der Waals surface area contributed by atoms with Crippen LogP contribution in [0, 0.1) is 5.82 Å². The van der Waals surface area contributed by atoms with Crippen LogP contribution in [0.25, 0.3) is 11.0 Å². The van der Waals surface area contributed by atoms with E-state index in [1.165, 1.54) is 34.3 Å². The average molecular weight is 449 g/mol. The predicted octanol–water partition coefficient (Wildman–Crippen LogP) is 5.50. The van der Waals surface area contributed by atoms with Crippen LogP contribution in [0.3, 0.4) is 0 Å². The molecule has 0 N–H and O–H groups in total. The van der Waals surface area contributed by atoms with Crippen molar-refractivity contribution in [3.8, 4) is 0 Å². The van der Waals surface area contributed by atoms with Crippen LogP contribution in [0.2, 0.25) is 10.0 Å². The number of halogens is 3. The maximum atomic E-state index is 13.7. The normalized spacial score (nSPS) is 11.8. The number of fused-ring (bicyclic) bond motifs is 1. The first-order valence-corrected chi connectivity index (χ1v) is 11.0. The van der Waals surface area contributed by atoms with E-state index in [1.807, 2.05) is 0 Å². The molecule has 3 aromatic carbocycles. The second-order valence-corrected chi connectivity index (χ2v) is 9.18. The summed E-state index contributed by atoms with van der Waals surface area (Å²) in [4.78, 5) is 4.54. The van der Waals surface area contributed by atoms with Crippen molar-refractivity contribution < 1.29 is 12.8 Å². The van der Waals surface area contributed by atoms with Crippen LogP contribution in [0.15, 0.2) is 71.6 Å². The van der Waals surface area contributed by atoms with Gasteiger partial charge in [-0.05, 0) is 54.4 Å². The van der Waals surface area contributed by atoms with E-state index < -0.39 is 15.8 Å². The fourth-order valence-electron chi connectivity index (χ4n) is 3.22. The lowest BCUT2D eigenvalue weighted by atomic mass is 10.1. The fourth-order valence-corrected chi connectivity index (χ4v) is 5.32. The van der Waals surface area contributed by atoms with Crippen molar-refractivity contribution in [1.82, 2.24) is 8.96 Å². The smallest absolute Gasteiger partial charge is 0.232 e. The number of imidazole rings is 1. The number of rotatable bonds is 5. The zero-order valence-electron chi connectivity index (χ0n) is 15.0. The van der Waals surface area contributed by atoms with Gasteiger partial charge in [0.15, 0.2) is 0 Å². The third-order valence-corrected chi connectivity index (χ3v) is 6.67. The quantitative estimate of drug-likeness (QED) is 0.404. The van der Waals surface area contributed by atoms with Gasteiger partial charge in [0.05, 0.1) is 15.9 Å². The number of aromatic nitrogens is 2. The summed E-state index contributed by atoms with van der Waals surface area (Å²) >= 11 is 12.1. The van der Waals surface area contributed by atoms with Crippen molar-refractivity contribution in [3.63, 3.8) is 0 Å². The minimum absolute atomic E-state index is 0.135. The molecule has 1 aromatic heterocycles. The molecule has 0 aliphatic carbocycles. The van der Waals surface area contributed by atoms with Crippen LogP contribution in [-0.2, 0) is 22.9 Å². The minimum Gasteiger partial charge on any atom is -0.232 e. The monoisotopic (exact) mass is 448 g/mol. The summed E-state index contributed by atoms with van der Waals surface area (Å²) in [5, 5.41) is 1.000. The Labute approximate surface area is 177 Å². The molecule has 148 valence electrons. The molecular weight excluding hydrogens is 434 g/mol. The van der Waals surface area contributed by atoms with Gasteiger partial charge in [0.25, 0.3) is 10.0 Å². The first-order valence-electron chi connectivity index (χ1n) is 8.77. The standard InChI is InChI=1S/C21H15Cl2FN2O2S/c22-15-10-14(11-16(23)12-15)6-9-21-25-19-13-17(24)7-8-20(19)26(21)29(27,28)18-4-2-1-3-5-18/h1-5,7-8,10-13H,6,9H2. The maximum Gasteiger partial charge on any atom is 0.269 e. The summed E-state index contributed by atoms with van der Waals surface area (Å²) in [6, 6.07) is 17.1. The number of hydrogen-bond acceptors (Lipinski definition) is 3. The average Bonchev–Trinajstić information content (AvgIpc) is 3.04. The highest BCUT2D eigenvalue weighted by molar-refractivity contribution is 7.90. The molecule has 4 rings (SSSR count). The van der Waals surface area contributed by atoms with Crippen molar-refractivity contribution in [3.05, 3.63) is 94.0 Å². The molecule has 4 nitrogen and oxygen atoms in total. The van der Waals surface area contributed by atoms with E-state index in [0.29, 0.717) is 34.2 Å². The molecule has 0 aliphatic rings. The minimum atomic E-state index is -3.91. The Morgan fingerprint density at radius 1 is 0.897 bits per heavy atom. The van der Waals surface area contributed by atoms with E-state index in [0.717, 1.165) is 5.56 Å². The Kier molecular flexibility index (Phi) is 5.34. The zero-order chi connectivity index (χ0) is 20.6. The van der Waals surface area contributed by atoms with Crippen LogP contribution in [0.4, 0.5) is 4.39 Å².